The molecule has 0 bridgehead atoms. The maximum atomic E-state index is 13.1. The van der Waals surface area contributed by atoms with Crippen molar-refractivity contribution in [1.29, 1.82) is 0 Å². The van der Waals surface area contributed by atoms with Crippen LogP contribution in [0, 0.1) is 0 Å². The molecule has 2 N–H and O–H groups in total. The summed E-state index contributed by atoms with van der Waals surface area (Å²) in [5.41, 5.74) is -2.53. The Hall–Kier alpha value is -1.90. The lowest BCUT2D eigenvalue weighted by Gasteiger charge is -2.18. The predicted molar refractivity (Wildman–Crippen MR) is 97.9 cm³/mol. The summed E-state index contributed by atoms with van der Waals surface area (Å²) in [6.45, 7) is 4.03. The lowest BCUT2D eigenvalue weighted by Crippen LogP contribution is -2.33. The van der Waals surface area contributed by atoms with Crippen LogP contribution in [0.15, 0.2) is 4.79 Å². The molecule has 1 aliphatic rings. The molecule has 2 atom stereocenters. The highest BCUT2D eigenvalue weighted by molar-refractivity contribution is 5.77. The van der Waals surface area contributed by atoms with Gasteiger partial charge < -0.3 is 10.1 Å². The Morgan fingerprint density at radius 2 is 2.04 bits per heavy atom. The number of H-pyrrole nitrogens is 1. The van der Waals surface area contributed by atoms with Crippen molar-refractivity contribution in [3.8, 4) is 0 Å². The number of nitrogens with one attached hydrogen (secondary N) is 2. The molecule has 6 nitrogen and oxygen atoms in total. The minimum atomic E-state index is -4.76. The van der Waals surface area contributed by atoms with Gasteiger partial charge in [-0.1, -0.05) is 39.5 Å². The average molecular weight is 403 g/mol. The molecule has 2 unspecified atom stereocenters. The zero-order valence-electron chi connectivity index (χ0n) is 16.3. The summed E-state index contributed by atoms with van der Waals surface area (Å²) >= 11 is 0. The van der Waals surface area contributed by atoms with Gasteiger partial charge in [0.15, 0.2) is 0 Å². The van der Waals surface area contributed by atoms with E-state index in [9.17, 15) is 22.8 Å². The van der Waals surface area contributed by atoms with E-state index in [1.165, 1.54) is 0 Å². The molecular weight excluding hydrogens is 375 g/mol. The van der Waals surface area contributed by atoms with E-state index >= 15 is 0 Å². The lowest BCUT2D eigenvalue weighted by molar-refractivity contribution is -0.139. The first-order valence-corrected chi connectivity index (χ1v) is 9.87. The predicted octanol–water partition coefficient (Wildman–Crippen LogP) is 3.66. The van der Waals surface area contributed by atoms with Crippen molar-refractivity contribution in [2.45, 2.75) is 83.5 Å². The Morgan fingerprint density at radius 3 is 2.68 bits per heavy atom. The molecular formula is C19H28F3N3O3. The molecule has 28 heavy (non-hydrogen) atoms. The highest BCUT2D eigenvalue weighted by Crippen LogP contribution is 2.37. The van der Waals surface area contributed by atoms with E-state index in [2.05, 4.69) is 24.3 Å². The molecule has 0 spiro atoms. The van der Waals surface area contributed by atoms with Crippen molar-refractivity contribution in [2.75, 3.05) is 6.61 Å². The fraction of sp³-hybridized carbons (Fsp3) is 0.737. The van der Waals surface area contributed by atoms with Crippen molar-refractivity contribution in [2.24, 2.45) is 0 Å². The van der Waals surface area contributed by atoms with Gasteiger partial charge in [0.2, 0.25) is 5.91 Å². The van der Waals surface area contributed by atoms with Crippen LogP contribution >= 0.6 is 0 Å². The molecule has 1 aromatic heterocycles. The molecule has 2 rings (SSSR count). The van der Waals surface area contributed by atoms with Crippen molar-refractivity contribution in [3.63, 3.8) is 0 Å². The van der Waals surface area contributed by atoms with E-state index in [4.69, 9.17) is 4.74 Å². The smallest absolute Gasteiger partial charge is 0.368 e. The largest absolute Gasteiger partial charge is 0.422 e. The standard InChI is InChI=1S/C19H28F3N3O3/c1-3-5-6-8-12(7-4-2)28-11-15(26)23-14-10-9-13-16(19(20,21)22)18(27)25-24-17(13)14/h12,14H,3-11H2,1-2H3,(H,23,26)(H,25,27). The Bertz CT molecular complexity index is 719. The highest BCUT2D eigenvalue weighted by atomic mass is 19.4. The normalized spacial score (nSPS) is 17.4. The van der Waals surface area contributed by atoms with Crippen molar-refractivity contribution in [3.05, 3.63) is 27.2 Å². The summed E-state index contributed by atoms with van der Waals surface area (Å²) in [6, 6.07) is -0.659. The van der Waals surface area contributed by atoms with Gasteiger partial charge in [-0.25, -0.2) is 5.10 Å². The van der Waals surface area contributed by atoms with Crippen LogP contribution in [0.1, 0.15) is 81.7 Å². The molecule has 1 heterocycles. The first kappa shape index (κ1) is 22.4. The van der Waals surface area contributed by atoms with Crippen LogP contribution in [0.2, 0.25) is 0 Å². The number of hydrogen-bond donors (Lipinski definition) is 2. The van der Waals surface area contributed by atoms with Gasteiger partial charge in [-0.15, -0.1) is 0 Å². The van der Waals surface area contributed by atoms with E-state index < -0.39 is 29.2 Å². The summed E-state index contributed by atoms with van der Waals surface area (Å²) in [5.74, 6) is -0.393. The number of carbonyl (C=O) groups excluding carboxylic acids is 1. The number of nitrogens with zero attached hydrogens (tertiary/aromatic N) is 1. The molecule has 0 aliphatic heterocycles. The van der Waals surface area contributed by atoms with Gasteiger partial charge >= 0.3 is 6.18 Å². The second-order valence-electron chi connectivity index (χ2n) is 7.17. The van der Waals surface area contributed by atoms with Crippen LogP contribution in [0.5, 0.6) is 0 Å². The Balaban J connectivity index is 1.97. The van der Waals surface area contributed by atoms with Gasteiger partial charge in [-0.05, 0) is 31.2 Å². The third-order valence-corrected chi connectivity index (χ3v) is 4.94. The van der Waals surface area contributed by atoms with Crippen LogP contribution in [0.3, 0.4) is 0 Å². The summed E-state index contributed by atoms with van der Waals surface area (Å²) in [6.07, 6.45) is 1.52. The van der Waals surface area contributed by atoms with E-state index in [-0.39, 0.29) is 36.8 Å². The van der Waals surface area contributed by atoms with Crippen LogP contribution in [-0.4, -0.2) is 28.8 Å². The number of aromatic amines is 1. The van der Waals surface area contributed by atoms with Crippen LogP contribution in [-0.2, 0) is 22.1 Å². The molecule has 1 amide bonds. The highest BCUT2D eigenvalue weighted by Gasteiger charge is 2.41. The number of hydrogen-bond acceptors (Lipinski definition) is 4. The van der Waals surface area contributed by atoms with Crippen LogP contribution in [0.4, 0.5) is 13.2 Å². The third kappa shape index (κ3) is 5.80. The Labute approximate surface area is 162 Å². The van der Waals surface area contributed by atoms with E-state index in [0.29, 0.717) is 0 Å². The summed E-state index contributed by atoms with van der Waals surface area (Å²) < 4.78 is 45.2. The minimum Gasteiger partial charge on any atom is -0.368 e. The molecule has 1 aromatic rings. The SMILES string of the molecule is CCCCCC(CCC)OCC(=O)NC1CCc2c1n[nH]c(=O)c2C(F)(F)F. The first-order chi connectivity index (χ1) is 13.3. The maximum Gasteiger partial charge on any atom is 0.422 e. The van der Waals surface area contributed by atoms with Gasteiger partial charge in [0, 0.05) is 0 Å². The van der Waals surface area contributed by atoms with E-state index in [0.717, 1.165) is 38.5 Å². The molecule has 158 valence electrons. The molecule has 0 radical (unpaired) electrons. The Morgan fingerprint density at radius 1 is 1.29 bits per heavy atom. The molecule has 1 aliphatic carbocycles. The summed E-state index contributed by atoms with van der Waals surface area (Å²) in [4.78, 5) is 23.8. The van der Waals surface area contributed by atoms with Gasteiger partial charge in [-0.2, -0.15) is 18.3 Å². The van der Waals surface area contributed by atoms with Crippen LogP contribution < -0.4 is 10.9 Å². The number of carbonyl (C=O) groups is 1. The third-order valence-electron chi connectivity index (χ3n) is 4.94. The van der Waals surface area contributed by atoms with E-state index in [1.807, 2.05) is 5.10 Å². The van der Waals surface area contributed by atoms with Crippen LogP contribution in [0.25, 0.3) is 0 Å². The Kier molecular flexibility index (Phi) is 8.03. The van der Waals surface area contributed by atoms with Crippen molar-refractivity contribution >= 4 is 5.91 Å². The van der Waals surface area contributed by atoms with Crippen molar-refractivity contribution < 1.29 is 22.7 Å². The molecule has 0 fully saturated rings. The van der Waals surface area contributed by atoms with Gasteiger partial charge in [0.1, 0.15) is 12.2 Å². The fourth-order valence-corrected chi connectivity index (χ4v) is 3.59. The number of amides is 1. The monoisotopic (exact) mass is 403 g/mol. The topological polar surface area (TPSA) is 84.1 Å². The fourth-order valence-electron chi connectivity index (χ4n) is 3.59. The molecule has 0 aromatic carbocycles. The molecule has 0 saturated heterocycles. The van der Waals surface area contributed by atoms with Gasteiger partial charge in [0.25, 0.3) is 5.56 Å². The van der Waals surface area contributed by atoms with Crippen molar-refractivity contribution in [1.82, 2.24) is 15.5 Å². The number of aromatic nitrogens is 2. The zero-order chi connectivity index (χ0) is 20.7. The quantitative estimate of drug-likeness (QED) is 0.584. The first-order valence-electron chi connectivity index (χ1n) is 9.87. The lowest BCUT2D eigenvalue weighted by atomic mass is 10.1. The van der Waals surface area contributed by atoms with E-state index in [1.54, 1.807) is 0 Å². The zero-order valence-corrected chi connectivity index (χ0v) is 16.3. The minimum absolute atomic E-state index is 0.00414. The number of unbranched alkanes of at least 4 members (excludes halogenated alkanes) is 2. The maximum absolute atomic E-state index is 13.1. The van der Waals surface area contributed by atoms with Gasteiger partial charge in [0.05, 0.1) is 17.8 Å². The second-order valence-corrected chi connectivity index (χ2v) is 7.17. The molecule has 0 saturated carbocycles. The molecule has 9 heteroatoms. The number of halogens is 3. The second kappa shape index (κ2) is 10.0. The number of ether oxygens (including phenoxy) is 1. The number of alkyl halides is 3. The number of rotatable bonds is 10. The average Bonchev–Trinajstić information content (AvgIpc) is 3.01. The summed E-state index contributed by atoms with van der Waals surface area (Å²) in [5, 5.41) is 8.33. The summed E-state index contributed by atoms with van der Waals surface area (Å²) in [7, 11) is 0. The number of fused-ring (bicyclic) bond motifs is 1. The van der Waals surface area contributed by atoms with Gasteiger partial charge in [-0.3, -0.25) is 9.59 Å².